The number of imide groups is 4. The van der Waals surface area contributed by atoms with Crippen LogP contribution in [0.25, 0.3) is 49.2 Å². The quantitative estimate of drug-likeness (QED) is 0.0127. The predicted molar refractivity (Wildman–Crippen MR) is 444 cm³/mol. The van der Waals surface area contributed by atoms with E-state index in [0.29, 0.717) is 64.7 Å². The molecule has 4 heterocycles. The van der Waals surface area contributed by atoms with E-state index in [9.17, 15) is 95.9 Å². The second-order valence-electron chi connectivity index (χ2n) is 23.4. The monoisotopic (exact) mass is 2600 g/mol. The Kier molecular flexibility index (Phi) is 122. The van der Waals surface area contributed by atoms with Gasteiger partial charge >= 0.3 is 144 Å². The molecule has 4 aliphatic heterocycles. The minimum atomic E-state index is -1.44. The number of nitrogens with two attached hydrogens (primary N) is 8. The maximum atomic E-state index is 11.1. The number of carboxylic acids is 12. The minimum absolute atomic E-state index is 0. The van der Waals surface area contributed by atoms with Crippen molar-refractivity contribution in [2.45, 2.75) is 178 Å². The molecule has 8 aliphatic rings. The number of rotatable bonds is 26. The topological polar surface area (TPSA) is 1050 Å². The molecular formula is C71H122N16O39Pt4. The molecule has 34 N–H and O–H groups in total. The molecule has 10 amide bonds. The van der Waals surface area contributed by atoms with Crippen LogP contribution in [0.5, 0.6) is 0 Å². The normalized spacial score (nSPS) is 13.8. The summed E-state index contributed by atoms with van der Waals surface area (Å²) in [5.41, 5.74) is -5.78. The van der Waals surface area contributed by atoms with Gasteiger partial charge < -0.3 is 137 Å². The Labute approximate surface area is 805 Å². The van der Waals surface area contributed by atoms with Crippen LogP contribution < -0.4 is 10.6 Å². The maximum absolute atomic E-state index is 11.1. The van der Waals surface area contributed by atoms with E-state index in [1.54, 1.807) is 0 Å². The first kappa shape index (κ1) is 169. The second kappa shape index (κ2) is 94.0. The number of carboxylic acid groups (broad SMARTS) is 14. The molecule has 0 radical (unpaired) electrons. The number of hydrogen-bond acceptors (Lipinski definition) is 26. The van der Waals surface area contributed by atoms with E-state index < -0.39 is 117 Å². The number of hydrogen-bond donors (Lipinski definition) is 16. The van der Waals surface area contributed by atoms with Crippen LogP contribution in [-0.4, -0.2) is 292 Å². The first-order valence-corrected chi connectivity index (χ1v) is 34.8. The molecule has 0 saturated heterocycles. The van der Waals surface area contributed by atoms with Crippen molar-refractivity contribution in [3.63, 3.8) is 0 Å². The molecule has 55 nitrogen and oxygen atoms in total. The Balaban J connectivity index is -0.0000000567. The summed E-state index contributed by atoms with van der Waals surface area (Å²) in [7, 11) is 0. The number of amides is 10. The zero-order valence-electron chi connectivity index (χ0n) is 71.1. The van der Waals surface area contributed by atoms with Gasteiger partial charge in [-0.15, -0.1) is 0 Å². The molecule has 4 saturated carbocycles. The van der Waals surface area contributed by atoms with Crippen molar-refractivity contribution in [1.29, 1.82) is 0 Å². The molecule has 0 spiro atoms. The van der Waals surface area contributed by atoms with Crippen molar-refractivity contribution in [2.75, 3.05) is 52.4 Å². The number of isocyanates is 2. The van der Waals surface area contributed by atoms with E-state index in [4.69, 9.17) is 90.7 Å². The third-order valence-corrected chi connectivity index (χ3v) is 15.4. The molecule has 0 atom stereocenters. The number of carbonyl (C=O) groups is 22. The fourth-order valence-corrected chi connectivity index (χ4v) is 8.72. The fourth-order valence-electron chi connectivity index (χ4n) is 8.72. The molecule has 0 bridgehead atoms. The smallest absolute Gasteiger partial charge is 0.693 e. The van der Waals surface area contributed by atoms with Crippen LogP contribution in [0, 0.1) is 21.7 Å². The molecule has 4 fully saturated rings. The molecule has 0 aromatic carbocycles. The van der Waals surface area contributed by atoms with E-state index >= 15 is 0 Å². The second-order valence-corrected chi connectivity index (χ2v) is 23.4. The van der Waals surface area contributed by atoms with E-state index in [1.807, 2.05) is 27.7 Å². The Morgan fingerprint density at radius 1 is 0.300 bits per heavy atom. The van der Waals surface area contributed by atoms with Gasteiger partial charge in [-0.25, -0.2) is 29.2 Å². The molecule has 130 heavy (non-hydrogen) atoms. The van der Waals surface area contributed by atoms with E-state index in [1.165, 1.54) is 58.4 Å². The van der Waals surface area contributed by atoms with Crippen molar-refractivity contribution in [3.05, 3.63) is 97.8 Å². The van der Waals surface area contributed by atoms with Crippen molar-refractivity contribution >= 4 is 143 Å². The van der Waals surface area contributed by atoms with Crippen molar-refractivity contribution < 1.29 is 276 Å². The van der Waals surface area contributed by atoms with Gasteiger partial charge in [0, 0.05) is 116 Å². The van der Waals surface area contributed by atoms with Gasteiger partial charge in [-0.3, -0.25) is 115 Å². The standard InChI is InChI=1S/C10H14N2O4.C10H12N2O3.C7H8N2O4.C7H6N2O3.4C6H8O4.4C2H4O2.2C2H6.CH4.8H2N.H2O.4Pt/c13-8-4-5-9(14)12(8)7-3-1-2-6-11-10(15)16;13-8-11-6-2-1-3-7-12-9(14)4-5-10(12)15;10-5-1-2-6(11)9(5)4-3-8-7(12)13;10-5-8-3-4-9-6(11)1-2-7(9)12;4*7-4(8)6(5(9)10)2-1-3-6;4*1-2(3)4;2*1-2;;;;;;;;;;;;;;/h4-5,11H,1-3,6-7H2,(H,15,16);4-5H,1-3,6-7H2;1-2,8H,3-4H2,(H,12,13);1-2H,3-4H2;4*1-3H2,(H,7,8)(H,9,10);4*1H3,(H,3,4);2*1-2H3;1H4;9*1H2;;;;/q;;;;;;;;;;;;;;;8*-1;;4*+2. The van der Waals surface area contributed by atoms with Crippen LogP contribution in [0.1, 0.15) is 178 Å². The zero-order chi connectivity index (χ0) is 91.3. The Bertz CT molecular complexity index is 3330. The first-order chi connectivity index (χ1) is 54.0. The summed E-state index contributed by atoms with van der Waals surface area (Å²) in [6.07, 6.45) is 19.9. The molecule has 760 valence electrons. The summed E-state index contributed by atoms with van der Waals surface area (Å²) in [6.45, 7) is 14.4. The van der Waals surface area contributed by atoms with Gasteiger partial charge in [0.1, 0.15) is 0 Å². The van der Waals surface area contributed by atoms with E-state index in [2.05, 4.69) is 20.6 Å². The van der Waals surface area contributed by atoms with Crippen LogP contribution >= 0.6 is 0 Å². The molecule has 0 aromatic rings. The SMILES string of the molecule is C.CC.CC.CC(=O)O.CC(=O)O.CC(=O)O.CC(=O)O.O.O=C(O)C1(C(=O)O)CCC1.O=C(O)C1(C(=O)O)CCC1.O=C(O)C1(C(=O)O)CCC1.O=C(O)C1(C(=O)O)CCC1.O=C(O)NCCCCCN1C(=O)C=CC1=O.O=C(O)NCCN1C(=O)C=CC1=O.O=C=NCCCCCN1C(=O)C=CC1=O.O=C=NCCN1C(=O)C=CC1=O.[NH2-].[NH2-].[NH2-].[NH2-].[NH2-].[NH2-].[NH2-].[NH2-].[Pt+2].[Pt+2].[Pt+2].[Pt+2]. The summed E-state index contributed by atoms with van der Waals surface area (Å²) in [5.74, 6) is -15.5. The first-order valence-electron chi connectivity index (χ1n) is 34.8. The van der Waals surface area contributed by atoms with Crippen molar-refractivity contribution in [1.82, 2.24) is 30.2 Å². The minimum Gasteiger partial charge on any atom is -0.693 e. The summed E-state index contributed by atoms with van der Waals surface area (Å²) < 4.78 is 0. The number of aliphatic imine (C=N–C) groups is 2. The fraction of sp³-hybridized carbons (Fsp3) is 0.549. The molecular weight excluding hydrogens is 2480 g/mol. The number of carbonyl (C=O) groups excluding carboxylic acids is 10. The summed E-state index contributed by atoms with van der Waals surface area (Å²) in [6, 6.07) is 0. The zero-order valence-corrected chi connectivity index (χ0v) is 80.2. The maximum Gasteiger partial charge on any atom is 2.00 e. The van der Waals surface area contributed by atoms with E-state index in [0.717, 1.165) is 75.3 Å². The van der Waals surface area contributed by atoms with Crippen LogP contribution in [0.2, 0.25) is 0 Å². The van der Waals surface area contributed by atoms with Crippen molar-refractivity contribution in [2.24, 2.45) is 31.6 Å². The summed E-state index contributed by atoms with van der Waals surface area (Å²) in [5, 5.41) is 118. The van der Waals surface area contributed by atoms with Gasteiger partial charge in [-0.2, -0.15) is 0 Å². The molecule has 4 aliphatic carbocycles. The summed E-state index contributed by atoms with van der Waals surface area (Å²) >= 11 is 0. The Hall–Kier alpha value is -11.1. The third-order valence-electron chi connectivity index (χ3n) is 15.4. The van der Waals surface area contributed by atoms with Gasteiger partial charge in [-0.05, 0) is 116 Å². The number of unbranched alkanes of at least 4 members (excludes halogenated alkanes) is 4. The van der Waals surface area contributed by atoms with Gasteiger partial charge in [-0.1, -0.05) is 35.1 Å². The van der Waals surface area contributed by atoms with Gasteiger partial charge in [0.15, 0.2) is 21.7 Å². The van der Waals surface area contributed by atoms with Crippen molar-refractivity contribution in [3.8, 4) is 0 Å². The van der Waals surface area contributed by atoms with Crippen LogP contribution in [0.4, 0.5) is 9.59 Å². The molecule has 0 unspecified atom stereocenters. The Morgan fingerprint density at radius 3 is 0.631 bits per heavy atom. The van der Waals surface area contributed by atoms with Crippen LogP contribution in [0.15, 0.2) is 58.6 Å². The largest absolute Gasteiger partial charge is 2.00 e. The Morgan fingerprint density at radius 2 is 0.469 bits per heavy atom. The third kappa shape index (κ3) is 70.8. The van der Waals surface area contributed by atoms with Gasteiger partial charge in [0.2, 0.25) is 12.2 Å². The van der Waals surface area contributed by atoms with Crippen LogP contribution in [-0.2, 0) is 190 Å². The average Bonchev–Trinajstić information content (AvgIpc) is 1.55. The van der Waals surface area contributed by atoms with Gasteiger partial charge in [0.05, 0.1) is 13.1 Å². The predicted octanol–water partition coefficient (Wildman–Crippen LogP) is 8.45. The number of aliphatic carboxylic acids is 12. The number of nitrogens with one attached hydrogen (secondary N) is 2. The average molecular weight is 2600 g/mol. The summed E-state index contributed by atoms with van der Waals surface area (Å²) in [4.78, 5) is 257. The number of nitrogens with zero attached hydrogens (tertiary/aromatic N) is 6. The van der Waals surface area contributed by atoms with Crippen LogP contribution in [0.3, 0.4) is 0 Å². The molecule has 0 aromatic heterocycles. The molecule has 8 rings (SSSR count). The molecule has 59 heteroatoms. The van der Waals surface area contributed by atoms with E-state index in [-0.39, 0.29) is 259 Å². The van der Waals surface area contributed by atoms with Gasteiger partial charge in [0.25, 0.3) is 71.1 Å².